The number of sulfonamides is 1. The molecule has 0 atom stereocenters. The maximum Gasteiger partial charge on any atom is 0.317 e. The number of hydrogen-bond acceptors (Lipinski definition) is 4. The van der Waals surface area contributed by atoms with Crippen LogP contribution in [0.2, 0.25) is 0 Å². The summed E-state index contributed by atoms with van der Waals surface area (Å²) in [7, 11) is -2.12. The zero-order valence-electron chi connectivity index (χ0n) is 13.2. The van der Waals surface area contributed by atoms with Crippen LogP contribution in [-0.2, 0) is 10.0 Å². The van der Waals surface area contributed by atoms with Gasteiger partial charge < -0.3 is 15.1 Å². The zero-order chi connectivity index (χ0) is 16.9. The van der Waals surface area contributed by atoms with E-state index in [0.29, 0.717) is 38.4 Å². The molecule has 0 saturated carbocycles. The van der Waals surface area contributed by atoms with Gasteiger partial charge in [0.15, 0.2) is 0 Å². The van der Waals surface area contributed by atoms with Crippen molar-refractivity contribution < 1.29 is 13.2 Å². The molecule has 0 aromatic heterocycles. The van der Waals surface area contributed by atoms with Gasteiger partial charge in [0.25, 0.3) is 0 Å². The molecule has 1 aliphatic rings. The van der Waals surface area contributed by atoms with Crippen LogP contribution >= 0.6 is 0 Å². The summed E-state index contributed by atoms with van der Waals surface area (Å²) in [6.07, 6.45) is 1.63. The number of rotatable bonds is 5. The minimum Gasteiger partial charge on any atom is -0.367 e. The van der Waals surface area contributed by atoms with E-state index >= 15 is 0 Å². The molecule has 0 aliphatic carbocycles. The summed E-state index contributed by atoms with van der Waals surface area (Å²) < 4.78 is 26.6. The first kappa shape index (κ1) is 17.3. The number of urea groups is 1. The fraction of sp³-hybridized carbons (Fsp3) is 0.400. The van der Waals surface area contributed by atoms with Crippen LogP contribution in [0.15, 0.2) is 41.8 Å². The van der Waals surface area contributed by atoms with Crippen molar-refractivity contribution in [3.8, 4) is 0 Å². The molecular weight excluding hydrogens is 316 g/mol. The second kappa shape index (κ2) is 7.47. The van der Waals surface area contributed by atoms with Crippen molar-refractivity contribution in [2.24, 2.45) is 0 Å². The smallest absolute Gasteiger partial charge is 0.317 e. The van der Waals surface area contributed by atoms with Crippen molar-refractivity contribution >= 4 is 21.7 Å². The maximum absolute atomic E-state index is 12.1. The Kier molecular flexibility index (Phi) is 5.62. The van der Waals surface area contributed by atoms with Gasteiger partial charge in [-0.3, -0.25) is 0 Å². The van der Waals surface area contributed by atoms with Crippen molar-refractivity contribution in [1.29, 1.82) is 0 Å². The number of nitrogens with one attached hydrogen (secondary N) is 2. The van der Waals surface area contributed by atoms with Gasteiger partial charge in [0.1, 0.15) is 4.90 Å². The molecule has 0 radical (unpaired) electrons. The van der Waals surface area contributed by atoms with E-state index in [1.54, 1.807) is 29.2 Å². The Balaban J connectivity index is 2.09. The van der Waals surface area contributed by atoms with Crippen LogP contribution in [0.4, 0.5) is 10.5 Å². The van der Waals surface area contributed by atoms with Crippen LogP contribution in [0.3, 0.4) is 0 Å². The second-order valence-corrected chi connectivity index (χ2v) is 6.98. The Morgan fingerprint density at radius 2 is 1.91 bits per heavy atom. The fourth-order valence-electron chi connectivity index (χ4n) is 2.48. The number of benzene rings is 1. The summed E-state index contributed by atoms with van der Waals surface area (Å²) in [5.74, 6) is 0. The van der Waals surface area contributed by atoms with Crippen molar-refractivity contribution in [3.05, 3.63) is 36.9 Å². The van der Waals surface area contributed by atoms with Crippen LogP contribution in [0, 0.1) is 0 Å². The molecule has 1 heterocycles. The molecule has 0 bridgehead atoms. The van der Waals surface area contributed by atoms with Crippen molar-refractivity contribution in [2.45, 2.75) is 4.90 Å². The first-order chi connectivity index (χ1) is 11.0. The lowest BCUT2D eigenvalue weighted by molar-refractivity contribution is 0.195. The van der Waals surface area contributed by atoms with Gasteiger partial charge in [0, 0.05) is 32.7 Å². The third-order valence-electron chi connectivity index (χ3n) is 3.73. The van der Waals surface area contributed by atoms with E-state index in [1.807, 2.05) is 11.0 Å². The number of carbonyl (C=O) groups excluding carboxylic acids is 1. The largest absolute Gasteiger partial charge is 0.367 e. The molecule has 0 unspecified atom stereocenters. The monoisotopic (exact) mass is 338 g/mol. The van der Waals surface area contributed by atoms with Crippen molar-refractivity contribution in [1.82, 2.24) is 14.9 Å². The van der Waals surface area contributed by atoms with E-state index < -0.39 is 10.0 Å². The minimum atomic E-state index is -3.52. The average molecular weight is 338 g/mol. The average Bonchev–Trinajstić information content (AvgIpc) is 2.59. The van der Waals surface area contributed by atoms with Crippen molar-refractivity contribution in [3.63, 3.8) is 0 Å². The van der Waals surface area contributed by atoms with E-state index in [9.17, 15) is 13.2 Å². The quantitative estimate of drug-likeness (QED) is 0.771. The summed E-state index contributed by atoms with van der Waals surface area (Å²) in [5.41, 5.74) is 0.660. The van der Waals surface area contributed by atoms with Gasteiger partial charge in [-0.25, -0.2) is 17.9 Å². The highest BCUT2D eigenvalue weighted by Gasteiger charge is 2.25. The highest BCUT2D eigenvalue weighted by molar-refractivity contribution is 7.89. The fourth-order valence-corrected chi connectivity index (χ4v) is 3.43. The number of piperazine rings is 1. The molecule has 8 heteroatoms. The summed E-state index contributed by atoms with van der Waals surface area (Å²) in [5, 5.41) is 2.75. The predicted molar refractivity (Wildman–Crippen MR) is 90.1 cm³/mol. The molecule has 2 rings (SSSR count). The van der Waals surface area contributed by atoms with Crippen LogP contribution < -0.4 is 14.9 Å². The van der Waals surface area contributed by atoms with Crippen LogP contribution in [0.1, 0.15) is 0 Å². The van der Waals surface area contributed by atoms with E-state index in [-0.39, 0.29) is 10.9 Å². The third-order valence-corrected chi connectivity index (χ3v) is 5.19. The molecule has 1 aliphatic heterocycles. The first-order valence-electron chi connectivity index (χ1n) is 7.41. The van der Waals surface area contributed by atoms with Gasteiger partial charge in [-0.15, -0.1) is 6.58 Å². The SMILES string of the molecule is C=CCNC(=O)N1CCN(c2ccccc2S(=O)(=O)NC)CC1. The molecule has 0 spiro atoms. The third kappa shape index (κ3) is 4.02. The van der Waals surface area contributed by atoms with E-state index in [4.69, 9.17) is 0 Å². The highest BCUT2D eigenvalue weighted by Crippen LogP contribution is 2.25. The van der Waals surface area contributed by atoms with Crippen LogP contribution in [0.5, 0.6) is 0 Å². The molecule has 1 aromatic rings. The molecule has 126 valence electrons. The summed E-state index contributed by atoms with van der Waals surface area (Å²) >= 11 is 0. The molecule has 2 amide bonds. The Bertz CT molecular complexity index is 667. The number of para-hydroxylation sites is 1. The Morgan fingerprint density at radius 3 is 2.52 bits per heavy atom. The summed E-state index contributed by atoms with van der Waals surface area (Å²) in [4.78, 5) is 15.9. The van der Waals surface area contributed by atoms with Crippen molar-refractivity contribution in [2.75, 3.05) is 44.7 Å². The van der Waals surface area contributed by atoms with E-state index in [0.717, 1.165) is 0 Å². The van der Waals surface area contributed by atoms with E-state index in [1.165, 1.54) is 7.05 Å². The summed E-state index contributed by atoms with van der Waals surface area (Å²) in [6.45, 7) is 6.24. The molecular formula is C15H22N4O3S. The van der Waals surface area contributed by atoms with Gasteiger partial charge >= 0.3 is 6.03 Å². The van der Waals surface area contributed by atoms with Crippen LogP contribution in [-0.4, -0.2) is 59.1 Å². The number of carbonyl (C=O) groups is 1. The van der Waals surface area contributed by atoms with Gasteiger partial charge in [0.2, 0.25) is 10.0 Å². The van der Waals surface area contributed by atoms with Crippen LogP contribution in [0.25, 0.3) is 0 Å². The molecule has 1 aromatic carbocycles. The second-order valence-electron chi connectivity index (χ2n) is 5.12. The van der Waals surface area contributed by atoms with E-state index in [2.05, 4.69) is 16.6 Å². The van der Waals surface area contributed by atoms with Gasteiger partial charge in [-0.2, -0.15) is 0 Å². The Morgan fingerprint density at radius 1 is 1.26 bits per heavy atom. The minimum absolute atomic E-state index is 0.124. The number of amides is 2. The standard InChI is InChI=1S/C15H22N4O3S/c1-3-8-17-15(20)19-11-9-18(10-12-19)13-6-4-5-7-14(13)23(21,22)16-2/h3-7,16H,1,8-12H2,2H3,(H,17,20). The molecule has 1 fully saturated rings. The molecule has 23 heavy (non-hydrogen) atoms. The molecule has 2 N–H and O–H groups in total. The summed E-state index contributed by atoms with van der Waals surface area (Å²) in [6, 6.07) is 6.77. The lowest BCUT2D eigenvalue weighted by Gasteiger charge is -2.36. The lowest BCUT2D eigenvalue weighted by atomic mass is 10.2. The number of hydrogen-bond donors (Lipinski definition) is 2. The molecule has 1 saturated heterocycles. The lowest BCUT2D eigenvalue weighted by Crippen LogP contribution is -2.52. The van der Waals surface area contributed by atoms with Gasteiger partial charge in [0.05, 0.1) is 5.69 Å². The van der Waals surface area contributed by atoms with Gasteiger partial charge in [-0.05, 0) is 19.2 Å². The van der Waals surface area contributed by atoms with Gasteiger partial charge in [-0.1, -0.05) is 18.2 Å². The topological polar surface area (TPSA) is 81.8 Å². The predicted octanol–water partition coefficient (Wildman–Crippen LogP) is 0.612. The first-order valence-corrected chi connectivity index (χ1v) is 8.89. The maximum atomic E-state index is 12.1. The Hall–Kier alpha value is -2.06. The zero-order valence-corrected chi connectivity index (χ0v) is 14.0. The molecule has 7 nitrogen and oxygen atoms in total. The number of nitrogens with zero attached hydrogens (tertiary/aromatic N) is 2. The number of anilines is 1. The Labute approximate surface area is 137 Å². The normalized spacial score (nSPS) is 15.3. The highest BCUT2D eigenvalue weighted by atomic mass is 32.2.